The molecule has 0 saturated heterocycles. The summed E-state index contributed by atoms with van der Waals surface area (Å²) in [6, 6.07) is 11.9. The normalized spacial score (nSPS) is 10.2. The molecule has 0 bridgehead atoms. The van der Waals surface area contributed by atoms with Crippen molar-refractivity contribution in [3.05, 3.63) is 63.1 Å². The van der Waals surface area contributed by atoms with Crippen LogP contribution in [-0.2, 0) is 4.79 Å². The van der Waals surface area contributed by atoms with Crippen molar-refractivity contribution < 1.29 is 9.59 Å². The number of halogens is 3. The van der Waals surface area contributed by atoms with Crippen molar-refractivity contribution in [3.8, 4) is 0 Å². The summed E-state index contributed by atoms with van der Waals surface area (Å²) in [5.74, 6) is -0.475. The maximum atomic E-state index is 12.6. The lowest BCUT2D eigenvalue weighted by molar-refractivity contribution is -0.113. The molecule has 2 aromatic rings. The van der Waals surface area contributed by atoms with Crippen LogP contribution in [0, 0.1) is 0 Å². The Morgan fingerprint density at radius 3 is 2.48 bits per heavy atom. The zero-order chi connectivity index (χ0) is 15.4. The molecule has 0 aliphatic heterocycles. The van der Waals surface area contributed by atoms with Crippen molar-refractivity contribution in [1.82, 2.24) is 0 Å². The number of amides is 1. The van der Waals surface area contributed by atoms with Crippen LogP contribution in [0.25, 0.3) is 0 Å². The minimum Gasteiger partial charge on any atom is -0.325 e. The van der Waals surface area contributed by atoms with Crippen molar-refractivity contribution in [2.45, 2.75) is 0 Å². The molecule has 1 N–H and O–H groups in total. The highest BCUT2D eigenvalue weighted by Crippen LogP contribution is 2.26. The average Bonchev–Trinajstić information content (AvgIpc) is 2.48. The summed E-state index contributed by atoms with van der Waals surface area (Å²) in [5.41, 5.74) is 1.23. The Hall–Kier alpha value is -1.17. The Morgan fingerprint density at radius 1 is 1.10 bits per heavy atom. The van der Waals surface area contributed by atoms with Gasteiger partial charge in [-0.15, -0.1) is 0 Å². The monoisotopic (exact) mass is 429 g/mol. The minimum absolute atomic E-state index is 0.156. The van der Waals surface area contributed by atoms with E-state index in [0.717, 1.165) is 4.47 Å². The van der Waals surface area contributed by atoms with Crippen LogP contribution in [0.15, 0.2) is 46.9 Å². The van der Waals surface area contributed by atoms with E-state index in [1.54, 1.807) is 42.5 Å². The van der Waals surface area contributed by atoms with Crippen molar-refractivity contribution in [2.24, 2.45) is 0 Å². The van der Waals surface area contributed by atoms with E-state index >= 15 is 0 Å². The Labute approximate surface area is 143 Å². The van der Waals surface area contributed by atoms with Gasteiger partial charge in [-0.1, -0.05) is 55.6 Å². The van der Waals surface area contributed by atoms with Gasteiger partial charge >= 0.3 is 0 Å². The van der Waals surface area contributed by atoms with Gasteiger partial charge in [-0.3, -0.25) is 9.59 Å². The Bertz CT molecular complexity index is 704. The summed E-state index contributed by atoms with van der Waals surface area (Å²) in [6.45, 7) is 0. The molecule has 0 heterocycles. The van der Waals surface area contributed by atoms with Crippen molar-refractivity contribution in [1.29, 1.82) is 0 Å². The van der Waals surface area contributed by atoms with Crippen LogP contribution in [0.5, 0.6) is 0 Å². The highest BCUT2D eigenvalue weighted by atomic mass is 79.9. The van der Waals surface area contributed by atoms with E-state index in [1.165, 1.54) is 0 Å². The Balaban J connectivity index is 2.47. The summed E-state index contributed by atoms with van der Waals surface area (Å²) in [6.07, 6.45) is 0. The first-order valence-corrected chi connectivity index (χ1v) is 8.26. The third-order valence-corrected chi connectivity index (χ3v) is 4.07. The molecule has 2 rings (SSSR count). The smallest absolute Gasteiger partial charge is 0.235 e. The summed E-state index contributed by atoms with van der Waals surface area (Å²) >= 11 is 12.5. The third-order valence-electron chi connectivity index (χ3n) is 2.74. The molecule has 0 spiro atoms. The summed E-state index contributed by atoms with van der Waals surface area (Å²) in [5, 5.41) is 3.22. The molecular weight excluding hydrogens is 421 g/mol. The molecule has 2 aromatic carbocycles. The zero-order valence-electron chi connectivity index (χ0n) is 10.7. The quantitative estimate of drug-likeness (QED) is 0.565. The van der Waals surface area contributed by atoms with Gasteiger partial charge in [-0.2, -0.15) is 0 Å². The predicted molar refractivity (Wildman–Crippen MR) is 91.5 cm³/mol. The van der Waals surface area contributed by atoms with E-state index in [4.69, 9.17) is 11.6 Å². The average molecular weight is 432 g/mol. The molecule has 6 heteroatoms. The van der Waals surface area contributed by atoms with Gasteiger partial charge in [-0.25, -0.2) is 0 Å². The number of hydrogen-bond acceptors (Lipinski definition) is 2. The molecule has 0 aliphatic rings. The van der Waals surface area contributed by atoms with Gasteiger partial charge in [0.1, 0.15) is 0 Å². The first-order chi connectivity index (χ1) is 10.0. The molecule has 0 fully saturated rings. The van der Waals surface area contributed by atoms with Crippen LogP contribution in [0.2, 0.25) is 5.02 Å². The maximum absolute atomic E-state index is 12.6. The maximum Gasteiger partial charge on any atom is 0.235 e. The molecule has 3 nitrogen and oxygen atoms in total. The molecular formula is C15H10Br2ClNO2. The van der Waals surface area contributed by atoms with Crippen LogP contribution in [0.3, 0.4) is 0 Å². The van der Waals surface area contributed by atoms with E-state index < -0.39 is 0 Å². The predicted octanol–water partition coefficient (Wildman–Crippen LogP) is 4.67. The van der Waals surface area contributed by atoms with Crippen LogP contribution >= 0.6 is 43.5 Å². The van der Waals surface area contributed by atoms with Crippen LogP contribution < -0.4 is 5.32 Å². The molecule has 0 saturated carbocycles. The second kappa shape index (κ2) is 7.20. The summed E-state index contributed by atoms with van der Waals surface area (Å²) in [4.78, 5) is 24.2. The number of carbonyl (C=O) groups is 2. The topological polar surface area (TPSA) is 46.2 Å². The van der Waals surface area contributed by atoms with Crippen molar-refractivity contribution in [3.63, 3.8) is 0 Å². The van der Waals surface area contributed by atoms with Gasteiger partial charge in [0.25, 0.3) is 0 Å². The first kappa shape index (κ1) is 16.2. The Kier molecular flexibility index (Phi) is 5.56. The molecule has 21 heavy (non-hydrogen) atoms. The number of nitrogens with one attached hydrogen (secondary N) is 1. The van der Waals surface area contributed by atoms with Crippen LogP contribution in [0.4, 0.5) is 5.69 Å². The number of carbonyl (C=O) groups excluding carboxylic acids is 2. The molecule has 1 amide bonds. The van der Waals surface area contributed by atoms with E-state index in [9.17, 15) is 9.59 Å². The number of rotatable bonds is 4. The lowest BCUT2D eigenvalue weighted by atomic mass is 10.0. The number of benzene rings is 2. The van der Waals surface area contributed by atoms with Crippen LogP contribution in [-0.4, -0.2) is 17.0 Å². The van der Waals surface area contributed by atoms with E-state index in [-0.39, 0.29) is 17.0 Å². The van der Waals surface area contributed by atoms with Gasteiger partial charge in [0.2, 0.25) is 5.91 Å². The van der Waals surface area contributed by atoms with Crippen molar-refractivity contribution in [2.75, 3.05) is 10.6 Å². The van der Waals surface area contributed by atoms with E-state index in [0.29, 0.717) is 21.8 Å². The highest BCUT2D eigenvalue weighted by Gasteiger charge is 2.17. The molecule has 0 unspecified atom stereocenters. The van der Waals surface area contributed by atoms with Crippen LogP contribution in [0.1, 0.15) is 15.9 Å². The SMILES string of the molecule is O=C(CBr)Nc1ccc(Br)cc1C(=O)c1ccccc1Cl. The fourth-order valence-electron chi connectivity index (χ4n) is 1.79. The number of hydrogen-bond donors (Lipinski definition) is 1. The molecule has 0 atom stereocenters. The lowest BCUT2D eigenvalue weighted by Gasteiger charge is -2.11. The van der Waals surface area contributed by atoms with Gasteiger partial charge in [0.15, 0.2) is 5.78 Å². The second-order valence-electron chi connectivity index (χ2n) is 4.18. The molecule has 0 radical (unpaired) electrons. The van der Waals surface area contributed by atoms with Gasteiger partial charge in [0.05, 0.1) is 16.0 Å². The summed E-state index contributed by atoms with van der Waals surface area (Å²) < 4.78 is 0.745. The number of ketones is 1. The first-order valence-electron chi connectivity index (χ1n) is 5.97. The van der Waals surface area contributed by atoms with E-state index in [1.807, 2.05) is 0 Å². The number of alkyl halides is 1. The lowest BCUT2D eigenvalue weighted by Crippen LogP contribution is -2.16. The largest absolute Gasteiger partial charge is 0.325 e. The molecule has 108 valence electrons. The molecule has 0 aromatic heterocycles. The summed E-state index contributed by atoms with van der Waals surface area (Å²) in [7, 11) is 0. The van der Waals surface area contributed by atoms with E-state index in [2.05, 4.69) is 37.2 Å². The fraction of sp³-hybridized carbons (Fsp3) is 0.0667. The van der Waals surface area contributed by atoms with Gasteiger partial charge < -0.3 is 5.32 Å². The number of anilines is 1. The highest BCUT2D eigenvalue weighted by molar-refractivity contribution is 9.10. The Morgan fingerprint density at radius 2 is 1.81 bits per heavy atom. The zero-order valence-corrected chi connectivity index (χ0v) is 14.6. The van der Waals surface area contributed by atoms with Crippen molar-refractivity contribution >= 4 is 60.8 Å². The van der Waals surface area contributed by atoms with Gasteiger partial charge in [-0.05, 0) is 30.3 Å². The fourth-order valence-corrected chi connectivity index (χ4v) is 2.51. The third kappa shape index (κ3) is 3.93. The van der Waals surface area contributed by atoms with Gasteiger partial charge in [0, 0.05) is 15.6 Å². The molecule has 0 aliphatic carbocycles. The standard InChI is InChI=1S/C15H10Br2ClNO2/c16-8-14(20)19-13-6-5-9(17)7-11(13)15(21)10-3-1-2-4-12(10)18/h1-7H,8H2,(H,19,20). The minimum atomic E-state index is -0.244. The second-order valence-corrected chi connectivity index (χ2v) is 6.06.